The molecular weight excluding hydrogens is 260 g/mol. The first-order chi connectivity index (χ1) is 10.4. The Morgan fingerprint density at radius 1 is 1.10 bits per heavy atom. The lowest BCUT2D eigenvalue weighted by atomic mass is 9.97. The molecule has 0 aliphatic rings. The van der Waals surface area contributed by atoms with Gasteiger partial charge < -0.3 is 5.32 Å². The molecule has 0 fully saturated rings. The highest BCUT2D eigenvalue weighted by Crippen LogP contribution is 2.27. The number of aromatic nitrogens is 3. The molecule has 21 heavy (non-hydrogen) atoms. The third-order valence-electron chi connectivity index (χ3n) is 3.52. The lowest BCUT2D eigenvalue weighted by Gasteiger charge is -2.20. The molecule has 0 aliphatic carbocycles. The molecule has 4 heteroatoms. The van der Waals surface area contributed by atoms with Crippen molar-refractivity contribution in [2.75, 3.05) is 6.54 Å². The molecule has 0 radical (unpaired) electrons. The Hall–Kier alpha value is -2.33. The smallest absolute Gasteiger partial charge is 0.115 e. The molecule has 0 saturated heterocycles. The van der Waals surface area contributed by atoms with Crippen molar-refractivity contribution in [3.63, 3.8) is 0 Å². The molecule has 2 heterocycles. The number of benzene rings is 1. The highest BCUT2D eigenvalue weighted by Gasteiger charge is 2.16. The first-order valence-electron chi connectivity index (χ1n) is 7.22. The van der Waals surface area contributed by atoms with Gasteiger partial charge in [0.25, 0.3) is 0 Å². The van der Waals surface area contributed by atoms with Crippen molar-refractivity contribution in [2.45, 2.75) is 19.4 Å². The Kier molecular flexibility index (Phi) is 4.17. The van der Waals surface area contributed by atoms with Crippen LogP contribution in [0.4, 0.5) is 0 Å². The summed E-state index contributed by atoms with van der Waals surface area (Å²) in [6.45, 7) is 3.10. The van der Waals surface area contributed by atoms with Crippen LogP contribution in [-0.2, 0) is 0 Å². The number of nitrogens with zero attached hydrogens (tertiary/aromatic N) is 3. The van der Waals surface area contributed by atoms with Crippen LogP contribution in [0.2, 0.25) is 0 Å². The van der Waals surface area contributed by atoms with E-state index in [9.17, 15) is 0 Å². The second-order valence-corrected chi connectivity index (χ2v) is 4.97. The molecule has 106 valence electrons. The van der Waals surface area contributed by atoms with Gasteiger partial charge in [-0.05, 0) is 36.0 Å². The topological polar surface area (TPSA) is 50.7 Å². The zero-order valence-corrected chi connectivity index (χ0v) is 12.0. The van der Waals surface area contributed by atoms with Crippen LogP contribution in [0.25, 0.3) is 10.8 Å². The lowest BCUT2D eigenvalue weighted by Crippen LogP contribution is -2.24. The molecule has 0 aliphatic heterocycles. The van der Waals surface area contributed by atoms with Crippen LogP contribution in [-0.4, -0.2) is 21.5 Å². The molecule has 1 N–H and O–H groups in total. The maximum atomic E-state index is 4.43. The first-order valence-corrected chi connectivity index (χ1v) is 7.22. The summed E-state index contributed by atoms with van der Waals surface area (Å²) in [6, 6.07) is 10.4. The van der Waals surface area contributed by atoms with Gasteiger partial charge in [0.05, 0.1) is 11.7 Å². The molecule has 0 bridgehead atoms. The largest absolute Gasteiger partial charge is 0.305 e. The van der Waals surface area contributed by atoms with Gasteiger partial charge in [0, 0.05) is 24.0 Å². The minimum atomic E-state index is 0.0686. The van der Waals surface area contributed by atoms with Gasteiger partial charge >= 0.3 is 0 Å². The van der Waals surface area contributed by atoms with Gasteiger partial charge in [0.15, 0.2) is 0 Å². The normalized spacial score (nSPS) is 12.4. The minimum Gasteiger partial charge on any atom is -0.305 e. The predicted molar refractivity (Wildman–Crippen MR) is 83.9 cm³/mol. The fourth-order valence-corrected chi connectivity index (χ4v) is 2.53. The van der Waals surface area contributed by atoms with Crippen molar-refractivity contribution in [1.82, 2.24) is 20.3 Å². The Morgan fingerprint density at radius 2 is 2.00 bits per heavy atom. The molecule has 0 amide bonds. The van der Waals surface area contributed by atoms with E-state index in [1.807, 2.05) is 18.5 Å². The minimum absolute atomic E-state index is 0.0686. The molecule has 0 saturated carbocycles. The van der Waals surface area contributed by atoms with E-state index < -0.39 is 0 Å². The van der Waals surface area contributed by atoms with Crippen molar-refractivity contribution in [1.29, 1.82) is 0 Å². The van der Waals surface area contributed by atoms with E-state index in [1.54, 1.807) is 12.5 Å². The molecule has 1 atom stereocenters. The van der Waals surface area contributed by atoms with Crippen molar-refractivity contribution < 1.29 is 0 Å². The maximum absolute atomic E-state index is 4.43. The number of fused-ring (bicyclic) bond motifs is 1. The summed E-state index contributed by atoms with van der Waals surface area (Å²) in [5.74, 6) is 0. The standard InChI is InChI=1S/C17H18N4/c1-2-8-20-17(16-7-10-19-12-21-16)15-5-3-4-13-11-18-9-6-14(13)15/h3-7,9-12,17,20H,2,8H2,1H3. The number of nitrogens with one attached hydrogen (secondary N) is 1. The Morgan fingerprint density at radius 3 is 2.81 bits per heavy atom. The van der Waals surface area contributed by atoms with Crippen molar-refractivity contribution in [3.05, 3.63) is 66.5 Å². The molecule has 3 aromatic rings. The second-order valence-electron chi connectivity index (χ2n) is 4.97. The molecule has 3 rings (SSSR count). The maximum Gasteiger partial charge on any atom is 0.115 e. The van der Waals surface area contributed by atoms with E-state index in [0.717, 1.165) is 24.0 Å². The zero-order chi connectivity index (χ0) is 14.5. The van der Waals surface area contributed by atoms with Crippen LogP contribution in [0.3, 0.4) is 0 Å². The highest BCUT2D eigenvalue weighted by molar-refractivity contribution is 5.85. The average Bonchev–Trinajstić information content (AvgIpc) is 2.56. The fraction of sp³-hybridized carbons (Fsp3) is 0.235. The van der Waals surface area contributed by atoms with E-state index >= 15 is 0 Å². The second kappa shape index (κ2) is 6.41. The number of hydrogen-bond acceptors (Lipinski definition) is 4. The van der Waals surface area contributed by atoms with Crippen LogP contribution in [0.15, 0.2) is 55.2 Å². The number of hydrogen-bond donors (Lipinski definition) is 1. The third-order valence-corrected chi connectivity index (χ3v) is 3.52. The van der Waals surface area contributed by atoms with E-state index in [-0.39, 0.29) is 6.04 Å². The SMILES string of the molecule is CCCNC(c1ccncn1)c1cccc2cnccc12. The molecule has 4 nitrogen and oxygen atoms in total. The van der Waals surface area contributed by atoms with Gasteiger partial charge in [0.2, 0.25) is 0 Å². The summed E-state index contributed by atoms with van der Waals surface area (Å²) >= 11 is 0. The van der Waals surface area contributed by atoms with E-state index in [2.05, 4.69) is 51.5 Å². The summed E-state index contributed by atoms with van der Waals surface area (Å²) in [5.41, 5.74) is 2.21. The van der Waals surface area contributed by atoms with Crippen molar-refractivity contribution in [2.24, 2.45) is 0 Å². The quantitative estimate of drug-likeness (QED) is 0.779. The Labute approximate surface area is 124 Å². The average molecular weight is 278 g/mol. The van der Waals surface area contributed by atoms with Crippen LogP contribution >= 0.6 is 0 Å². The van der Waals surface area contributed by atoms with Crippen LogP contribution in [0.1, 0.15) is 30.6 Å². The number of pyridine rings is 1. The molecule has 0 spiro atoms. The molecular formula is C17H18N4. The van der Waals surface area contributed by atoms with Crippen molar-refractivity contribution >= 4 is 10.8 Å². The van der Waals surface area contributed by atoms with Gasteiger partial charge in [-0.1, -0.05) is 25.1 Å². The van der Waals surface area contributed by atoms with Gasteiger partial charge in [0.1, 0.15) is 6.33 Å². The van der Waals surface area contributed by atoms with E-state index in [0.29, 0.717) is 0 Å². The summed E-state index contributed by atoms with van der Waals surface area (Å²) in [4.78, 5) is 12.6. The first kappa shape index (κ1) is 13.6. The van der Waals surface area contributed by atoms with Crippen LogP contribution in [0, 0.1) is 0 Å². The zero-order valence-electron chi connectivity index (χ0n) is 12.0. The molecule has 1 aromatic carbocycles. The van der Waals surface area contributed by atoms with Gasteiger partial charge in [-0.25, -0.2) is 9.97 Å². The van der Waals surface area contributed by atoms with Gasteiger partial charge in [-0.3, -0.25) is 4.98 Å². The summed E-state index contributed by atoms with van der Waals surface area (Å²) in [7, 11) is 0. The van der Waals surface area contributed by atoms with Gasteiger partial charge in [-0.2, -0.15) is 0 Å². The highest BCUT2D eigenvalue weighted by atomic mass is 15.0. The fourth-order valence-electron chi connectivity index (χ4n) is 2.53. The summed E-state index contributed by atoms with van der Waals surface area (Å²) < 4.78 is 0. The van der Waals surface area contributed by atoms with Crippen LogP contribution in [0.5, 0.6) is 0 Å². The number of rotatable bonds is 5. The molecule has 2 aromatic heterocycles. The Balaban J connectivity index is 2.10. The predicted octanol–water partition coefficient (Wildman–Crippen LogP) is 3.11. The van der Waals surface area contributed by atoms with E-state index in [4.69, 9.17) is 0 Å². The molecule has 1 unspecified atom stereocenters. The summed E-state index contributed by atoms with van der Waals surface area (Å²) in [6.07, 6.45) is 8.20. The van der Waals surface area contributed by atoms with Crippen molar-refractivity contribution in [3.8, 4) is 0 Å². The van der Waals surface area contributed by atoms with E-state index in [1.165, 1.54) is 10.9 Å². The van der Waals surface area contributed by atoms with Crippen LogP contribution < -0.4 is 5.32 Å². The lowest BCUT2D eigenvalue weighted by molar-refractivity contribution is 0.588. The Bertz CT molecular complexity index is 707. The van der Waals surface area contributed by atoms with Gasteiger partial charge in [-0.15, -0.1) is 0 Å². The summed E-state index contributed by atoms with van der Waals surface area (Å²) in [5, 5.41) is 5.94. The monoisotopic (exact) mass is 278 g/mol. The third kappa shape index (κ3) is 2.90.